The van der Waals surface area contributed by atoms with Crippen LogP contribution in [0.1, 0.15) is 26.7 Å². The molecule has 0 bridgehead atoms. The molecular weight excluding hydrogens is 202 g/mol. The highest BCUT2D eigenvalue weighted by Gasteiger charge is 2.23. The molecule has 16 heavy (non-hydrogen) atoms. The third kappa shape index (κ3) is 4.10. The molecule has 4 heteroatoms. The van der Waals surface area contributed by atoms with E-state index in [2.05, 4.69) is 25.8 Å². The first-order valence-corrected chi connectivity index (χ1v) is 6.23. The van der Waals surface area contributed by atoms with Gasteiger partial charge in [-0.15, -0.1) is 0 Å². The fraction of sp³-hybridized carbons (Fsp3) is 0.917. The van der Waals surface area contributed by atoms with Crippen LogP contribution in [0, 0.1) is 5.92 Å². The maximum atomic E-state index is 12.1. The smallest absolute Gasteiger partial charge is 0.239 e. The maximum absolute atomic E-state index is 12.1. The summed E-state index contributed by atoms with van der Waals surface area (Å²) in [6, 6.07) is -0.316. The number of carbonyl (C=O) groups is 1. The van der Waals surface area contributed by atoms with Crippen LogP contribution < -0.4 is 5.73 Å². The molecule has 1 heterocycles. The SMILES string of the molecule is CC(C)C[C@@H](N)C(=O)N1CCCN(C)CC1. The number of carbonyl (C=O) groups excluding carboxylic acids is 1. The minimum atomic E-state index is -0.316. The van der Waals surface area contributed by atoms with Gasteiger partial charge in [0.05, 0.1) is 6.04 Å². The van der Waals surface area contributed by atoms with Gasteiger partial charge < -0.3 is 15.5 Å². The number of rotatable bonds is 3. The van der Waals surface area contributed by atoms with Gasteiger partial charge in [0.2, 0.25) is 5.91 Å². The highest BCUT2D eigenvalue weighted by Crippen LogP contribution is 2.08. The number of amides is 1. The molecule has 0 aromatic carbocycles. The monoisotopic (exact) mass is 227 g/mol. The molecule has 1 saturated heterocycles. The molecule has 0 saturated carbocycles. The molecule has 2 N–H and O–H groups in total. The first-order valence-electron chi connectivity index (χ1n) is 6.23. The van der Waals surface area contributed by atoms with E-state index < -0.39 is 0 Å². The molecule has 0 radical (unpaired) electrons. The van der Waals surface area contributed by atoms with Crippen LogP contribution in [0.5, 0.6) is 0 Å². The molecule has 0 aromatic heterocycles. The highest BCUT2D eigenvalue weighted by molar-refractivity contribution is 5.81. The Morgan fingerprint density at radius 1 is 1.25 bits per heavy atom. The van der Waals surface area contributed by atoms with Crippen molar-refractivity contribution in [1.82, 2.24) is 9.80 Å². The predicted molar refractivity (Wildman–Crippen MR) is 66.1 cm³/mol. The lowest BCUT2D eigenvalue weighted by Crippen LogP contribution is -2.45. The van der Waals surface area contributed by atoms with Gasteiger partial charge in [-0.05, 0) is 32.4 Å². The van der Waals surface area contributed by atoms with E-state index in [-0.39, 0.29) is 11.9 Å². The van der Waals surface area contributed by atoms with Gasteiger partial charge in [-0.2, -0.15) is 0 Å². The first kappa shape index (κ1) is 13.5. The fourth-order valence-electron chi connectivity index (χ4n) is 2.11. The van der Waals surface area contributed by atoms with Gasteiger partial charge in [0.1, 0.15) is 0 Å². The topological polar surface area (TPSA) is 49.6 Å². The lowest BCUT2D eigenvalue weighted by atomic mass is 10.0. The van der Waals surface area contributed by atoms with Crippen molar-refractivity contribution in [1.29, 1.82) is 0 Å². The van der Waals surface area contributed by atoms with Gasteiger partial charge in [-0.25, -0.2) is 0 Å². The number of nitrogens with two attached hydrogens (primary N) is 1. The van der Waals surface area contributed by atoms with Crippen LogP contribution >= 0.6 is 0 Å². The first-order chi connectivity index (χ1) is 7.50. The lowest BCUT2D eigenvalue weighted by Gasteiger charge is -2.24. The van der Waals surface area contributed by atoms with Crippen molar-refractivity contribution < 1.29 is 4.79 Å². The molecule has 1 fully saturated rings. The third-order valence-electron chi connectivity index (χ3n) is 3.07. The van der Waals surface area contributed by atoms with Gasteiger partial charge in [0, 0.05) is 19.6 Å². The molecule has 1 rings (SSSR count). The Hall–Kier alpha value is -0.610. The number of likely N-dealkylation sites (N-methyl/N-ethyl adjacent to an activating group) is 1. The second-order valence-electron chi connectivity index (χ2n) is 5.22. The van der Waals surface area contributed by atoms with E-state index in [1.807, 2.05) is 4.90 Å². The molecule has 0 unspecified atom stereocenters. The minimum absolute atomic E-state index is 0.129. The van der Waals surface area contributed by atoms with Crippen LogP contribution in [0.4, 0.5) is 0 Å². The van der Waals surface area contributed by atoms with E-state index in [4.69, 9.17) is 5.73 Å². The number of hydrogen-bond donors (Lipinski definition) is 1. The Kier molecular flexibility index (Phi) is 5.22. The van der Waals surface area contributed by atoms with Gasteiger partial charge >= 0.3 is 0 Å². The molecular formula is C12H25N3O. The zero-order valence-electron chi connectivity index (χ0n) is 10.8. The summed E-state index contributed by atoms with van der Waals surface area (Å²) in [5.74, 6) is 0.609. The number of hydrogen-bond acceptors (Lipinski definition) is 3. The third-order valence-corrected chi connectivity index (χ3v) is 3.07. The second-order valence-corrected chi connectivity index (χ2v) is 5.22. The fourth-order valence-corrected chi connectivity index (χ4v) is 2.11. The van der Waals surface area contributed by atoms with Crippen LogP contribution in [0.15, 0.2) is 0 Å². The molecule has 1 aliphatic rings. The van der Waals surface area contributed by atoms with Crippen molar-refractivity contribution in [3.05, 3.63) is 0 Å². The van der Waals surface area contributed by atoms with Crippen LogP contribution in [-0.2, 0) is 4.79 Å². The maximum Gasteiger partial charge on any atom is 0.239 e. The standard InChI is InChI=1S/C12H25N3O/c1-10(2)9-11(13)12(16)15-6-4-5-14(3)7-8-15/h10-11H,4-9,13H2,1-3H3/t11-/m1/s1. The Bertz CT molecular complexity index is 230. The summed E-state index contributed by atoms with van der Waals surface area (Å²) >= 11 is 0. The van der Waals surface area contributed by atoms with Crippen molar-refractivity contribution in [2.45, 2.75) is 32.7 Å². The van der Waals surface area contributed by atoms with Crippen LogP contribution in [0.2, 0.25) is 0 Å². The predicted octanol–water partition coefficient (Wildman–Crippen LogP) is 0.524. The van der Waals surface area contributed by atoms with E-state index in [1.54, 1.807) is 0 Å². The van der Waals surface area contributed by atoms with Crippen molar-refractivity contribution >= 4 is 5.91 Å². The lowest BCUT2D eigenvalue weighted by molar-refractivity contribution is -0.132. The Balaban J connectivity index is 2.46. The zero-order chi connectivity index (χ0) is 12.1. The molecule has 4 nitrogen and oxygen atoms in total. The minimum Gasteiger partial charge on any atom is -0.340 e. The van der Waals surface area contributed by atoms with Crippen LogP contribution in [0.25, 0.3) is 0 Å². The normalized spacial score (nSPS) is 20.9. The molecule has 0 aliphatic carbocycles. The molecule has 1 amide bonds. The van der Waals surface area contributed by atoms with E-state index in [0.717, 1.165) is 39.0 Å². The summed E-state index contributed by atoms with van der Waals surface area (Å²) in [5.41, 5.74) is 5.93. The second kappa shape index (κ2) is 6.21. The summed E-state index contributed by atoms with van der Waals surface area (Å²) in [7, 11) is 2.10. The molecule has 94 valence electrons. The zero-order valence-corrected chi connectivity index (χ0v) is 10.8. The Morgan fingerprint density at radius 2 is 1.94 bits per heavy atom. The van der Waals surface area contributed by atoms with E-state index in [9.17, 15) is 4.79 Å². The average molecular weight is 227 g/mol. The summed E-state index contributed by atoms with van der Waals surface area (Å²) in [6.07, 6.45) is 1.84. The van der Waals surface area contributed by atoms with Gasteiger partial charge in [-0.1, -0.05) is 13.8 Å². The summed E-state index contributed by atoms with van der Waals surface area (Å²) in [5, 5.41) is 0. The molecule has 0 aromatic rings. The van der Waals surface area contributed by atoms with Crippen LogP contribution in [0.3, 0.4) is 0 Å². The Morgan fingerprint density at radius 3 is 2.56 bits per heavy atom. The van der Waals surface area contributed by atoms with Crippen molar-refractivity contribution in [3.8, 4) is 0 Å². The molecule has 1 aliphatic heterocycles. The largest absolute Gasteiger partial charge is 0.340 e. The van der Waals surface area contributed by atoms with Crippen molar-refractivity contribution in [2.24, 2.45) is 11.7 Å². The van der Waals surface area contributed by atoms with Crippen LogP contribution in [-0.4, -0.2) is 55.0 Å². The van der Waals surface area contributed by atoms with Gasteiger partial charge in [-0.3, -0.25) is 4.79 Å². The highest BCUT2D eigenvalue weighted by atomic mass is 16.2. The average Bonchev–Trinajstić information content (AvgIpc) is 2.41. The van der Waals surface area contributed by atoms with Crippen molar-refractivity contribution in [3.63, 3.8) is 0 Å². The Labute approximate surface area is 98.8 Å². The molecule has 0 spiro atoms. The number of nitrogens with zero attached hydrogens (tertiary/aromatic N) is 2. The van der Waals surface area contributed by atoms with Gasteiger partial charge in [0.15, 0.2) is 0 Å². The summed E-state index contributed by atoms with van der Waals surface area (Å²) in [4.78, 5) is 16.3. The summed E-state index contributed by atoms with van der Waals surface area (Å²) < 4.78 is 0. The molecule has 1 atom stereocenters. The van der Waals surface area contributed by atoms with Crippen molar-refractivity contribution in [2.75, 3.05) is 33.2 Å². The van der Waals surface area contributed by atoms with Gasteiger partial charge in [0.25, 0.3) is 0 Å². The quantitative estimate of drug-likeness (QED) is 0.765. The van der Waals surface area contributed by atoms with E-state index in [0.29, 0.717) is 5.92 Å². The summed E-state index contributed by atoms with van der Waals surface area (Å²) in [6.45, 7) is 7.91. The van der Waals surface area contributed by atoms with E-state index >= 15 is 0 Å². The van der Waals surface area contributed by atoms with E-state index in [1.165, 1.54) is 0 Å².